The van der Waals surface area contributed by atoms with Crippen LogP contribution >= 0.6 is 0 Å². The van der Waals surface area contributed by atoms with E-state index in [1.165, 1.54) is 6.07 Å². The van der Waals surface area contributed by atoms with E-state index in [1.54, 1.807) is 36.3 Å². The Kier molecular flexibility index (Phi) is 7.00. The normalized spacial score (nSPS) is 12.1. The van der Waals surface area contributed by atoms with Crippen LogP contribution in [0.25, 0.3) is 0 Å². The number of benzene rings is 1. The highest BCUT2D eigenvalue weighted by Gasteiger charge is 2.23. The molecule has 1 atom stereocenters. The monoisotopic (exact) mass is 362 g/mol. The first-order chi connectivity index (χ1) is 12.4. The highest BCUT2D eigenvalue weighted by molar-refractivity contribution is 5.74. The molecule has 0 saturated carbocycles. The molecular weight excluding hydrogens is 335 g/mol. The Morgan fingerprint density at radius 2 is 2.12 bits per heavy atom. The second-order valence-electron chi connectivity index (χ2n) is 6.62. The number of hydrogen-bond acceptors (Lipinski definition) is 3. The summed E-state index contributed by atoms with van der Waals surface area (Å²) >= 11 is 0. The van der Waals surface area contributed by atoms with Crippen molar-refractivity contribution in [3.8, 4) is 5.75 Å². The van der Waals surface area contributed by atoms with Crippen molar-refractivity contribution in [1.29, 1.82) is 0 Å². The van der Waals surface area contributed by atoms with Gasteiger partial charge in [-0.25, -0.2) is 14.2 Å². The average molecular weight is 362 g/mol. The molecule has 0 aliphatic carbocycles. The summed E-state index contributed by atoms with van der Waals surface area (Å²) in [5, 5.41) is 3.03. The maximum Gasteiger partial charge on any atom is 0.317 e. The van der Waals surface area contributed by atoms with Crippen molar-refractivity contribution in [3.63, 3.8) is 0 Å². The van der Waals surface area contributed by atoms with Crippen molar-refractivity contribution < 1.29 is 13.9 Å². The largest absolute Gasteiger partial charge is 0.490 e. The predicted octanol–water partition coefficient (Wildman–Crippen LogP) is 3.37. The molecule has 0 aliphatic rings. The van der Waals surface area contributed by atoms with Gasteiger partial charge in [0.25, 0.3) is 0 Å². The third kappa shape index (κ3) is 5.21. The maximum absolute atomic E-state index is 13.5. The average Bonchev–Trinajstić information content (AvgIpc) is 3.03. The molecule has 2 amide bonds. The molecule has 2 aromatic rings. The van der Waals surface area contributed by atoms with Gasteiger partial charge in [0.15, 0.2) is 11.6 Å². The van der Waals surface area contributed by atoms with Crippen molar-refractivity contribution in [3.05, 3.63) is 48.3 Å². The Hall–Kier alpha value is -2.57. The topological polar surface area (TPSA) is 59.4 Å². The van der Waals surface area contributed by atoms with E-state index in [0.717, 1.165) is 5.82 Å². The minimum atomic E-state index is -0.381. The van der Waals surface area contributed by atoms with Gasteiger partial charge in [0.2, 0.25) is 0 Å². The summed E-state index contributed by atoms with van der Waals surface area (Å²) in [7, 11) is 3.64. The van der Waals surface area contributed by atoms with Gasteiger partial charge < -0.3 is 19.5 Å². The van der Waals surface area contributed by atoms with Gasteiger partial charge in [0.1, 0.15) is 5.82 Å². The second kappa shape index (κ2) is 9.22. The van der Waals surface area contributed by atoms with Crippen LogP contribution in [0.5, 0.6) is 5.75 Å². The van der Waals surface area contributed by atoms with Gasteiger partial charge >= 0.3 is 6.03 Å². The van der Waals surface area contributed by atoms with E-state index >= 15 is 0 Å². The molecule has 2 rings (SSSR count). The Morgan fingerprint density at radius 3 is 2.73 bits per heavy atom. The number of hydrogen-bond donors (Lipinski definition) is 1. The van der Waals surface area contributed by atoms with Gasteiger partial charge in [-0.05, 0) is 24.5 Å². The molecule has 1 N–H and O–H groups in total. The number of rotatable bonds is 8. The third-order valence-electron chi connectivity index (χ3n) is 4.16. The zero-order chi connectivity index (χ0) is 19.1. The van der Waals surface area contributed by atoms with Gasteiger partial charge in [0.05, 0.1) is 12.6 Å². The lowest BCUT2D eigenvalue weighted by Crippen LogP contribution is -2.42. The quantitative estimate of drug-likeness (QED) is 0.733. The number of carbonyl (C=O) groups is 1. The molecule has 1 heterocycles. The molecule has 0 aliphatic heterocycles. The Balaban J connectivity index is 1.81. The molecule has 0 saturated heterocycles. The molecule has 142 valence electrons. The summed E-state index contributed by atoms with van der Waals surface area (Å²) in [5.41, 5.74) is 0. The summed E-state index contributed by atoms with van der Waals surface area (Å²) in [6.07, 6.45) is 4.19. The van der Waals surface area contributed by atoms with Crippen LogP contribution in [0.3, 0.4) is 0 Å². The maximum atomic E-state index is 13.5. The van der Waals surface area contributed by atoms with E-state index in [9.17, 15) is 9.18 Å². The Morgan fingerprint density at radius 1 is 1.38 bits per heavy atom. The molecule has 0 fully saturated rings. The first-order valence-corrected chi connectivity index (χ1v) is 8.76. The number of nitrogens with one attached hydrogen (secondary N) is 1. The standard InChI is InChI=1S/C19H27FN4O2/c1-14(2)17(18-21-10-12-23(18)3)22-19(25)24(4)11-7-13-26-16-9-6-5-8-15(16)20/h5-6,8-10,12,14,17H,7,11,13H2,1-4H3,(H,22,25)/t17-/m0/s1. The summed E-state index contributed by atoms with van der Waals surface area (Å²) in [4.78, 5) is 18.4. The fraction of sp³-hybridized carbons (Fsp3) is 0.474. The first kappa shape index (κ1) is 19.8. The van der Waals surface area contributed by atoms with E-state index in [2.05, 4.69) is 10.3 Å². The first-order valence-electron chi connectivity index (χ1n) is 8.76. The minimum Gasteiger partial charge on any atom is -0.490 e. The van der Waals surface area contributed by atoms with Crippen molar-refractivity contribution in [1.82, 2.24) is 19.8 Å². The minimum absolute atomic E-state index is 0.167. The summed E-state index contributed by atoms with van der Waals surface area (Å²) < 4.78 is 20.8. The number of ether oxygens (including phenoxy) is 1. The number of nitrogens with zero attached hydrogens (tertiary/aromatic N) is 3. The molecule has 6 nitrogen and oxygen atoms in total. The molecule has 0 unspecified atom stereocenters. The van der Waals surface area contributed by atoms with Crippen molar-refractivity contribution in [2.75, 3.05) is 20.2 Å². The lowest BCUT2D eigenvalue weighted by molar-refractivity contribution is 0.194. The number of amides is 2. The number of aryl methyl sites for hydroxylation is 1. The van der Waals surface area contributed by atoms with Crippen molar-refractivity contribution in [2.24, 2.45) is 13.0 Å². The Bertz CT molecular complexity index is 717. The fourth-order valence-corrected chi connectivity index (χ4v) is 2.60. The number of urea groups is 1. The highest BCUT2D eigenvalue weighted by atomic mass is 19.1. The van der Waals surface area contributed by atoms with E-state index in [4.69, 9.17) is 4.74 Å². The number of carbonyl (C=O) groups excluding carboxylic acids is 1. The van der Waals surface area contributed by atoms with E-state index in [1.807, 2.05) is 31.7 Å². The van der Waals surface area contributed by atoms with Gasteiger partial charge in [-0.2, -0.15) is 0 Å². The SMILES string of the molecule is CC(C)[C@H](NC(=O)N(C)CCCOc1ccccc1F)c1nccn1C. The summed E-state index contributed by atoms with van der Waals surface area (Å²) in [6, 6.07) is 5.95. The number of aromatic nitrogens is 2. The molecule has 26 heavy (non-hydrogen) atoms. The van der Waals surface area contributed by atoms with E-state index in [0.29, 0.717) is 19.6 Å². The van der Waals surface area contributed by atoms with Crippen LogP contribution in [-0.4, -0.2) is 40.7 Å². The van der Waals surface area contributed by atoms with Crippen LogP contribution in [0.1, 0.15) is 32.1 Å². The molecule has 7 heteroatoms. The van der Waals surface area contributed by atoms with Gasteiger partial charge in [-0.15, -0.1) is 0 Å². The lowest BCUT2D eigenvalue weighted by atomic mass is 10.0. The number of imidazole rings is 1. The van der Waals surface area contributed by atoms with Gasteiger partial charge in [-0.1, -0.05) is 26.0 Å². The molecule has 0 bridgehead atoms. The van der Waals surface area contributed by atoms with E-state index in [-0.39, 0.29) is 29.6 Å². The summed E-state index contributed by atoms with van der Waals surface area (Å²) in [5.74, 6) is 0.880. The van der Waals surface area contributed by atoms with Crippen molar-refractivity contribution >= 4 is 6.03 Å². The Labute approximate surface area is 154 Å². The summed E-state index contributed by atoms with van der Waals surface area (Å²) in [6.45, 7) is 4.93. The van der Waals surface area contributed by atoms with Crippen LogP contribution in [0, 0.1) is 11.7 Å². The van der Waals surface area contributed by atoms with Crippen LogP contribution in [-0.2, 0) is 7.05 Å². The number of halogens is 1. The highest BCUT2D eigenvalue weighted by Crippen LogP contribution is 2.20. The smallest absolute Gasteiger partial charge is 0.317 e. The van der Waals surface area contributed by atoms with Crippen LogP contribution in [0.15, 0.2) is 36.7 Å². The van der Waals surface area contributed by atoms with Crippen molar-refractivity contribution in [2.45, 2.75) is 26.3 Å². The molecule has 0 radical (unpaired) electrons. The lowest BCUT2D eigenvalue weighted by Gasteiger charge is -2.26. The van der Waals surface area contributed by atoms with Crippen LogP contribution in [0.2, 0.25) is 0 Å². The second-order valence-corrected chi connectivity index (χ2v) is 6.62. The zero-order valence-electron chi connectivity index (χ0n) is 15.8. The zero-order valence-corrected chi connectivity index (χ0v) is 15.8. The van der Waals surface area contributed by atoms with Crippen LogP contribution < -0.4 is 10.1 Å². The van der Waals surface area contributed by atoms with Crippen LogP contribution in [0.4, 0.5) is 9.18 Å². The number of para-hydroxylation sites is 1. The van der Waals surface area contributed by atoms with Gasteiger partial charge in [-0.3, -0.25) is 0 Å². The molecule has 0 spiro atoms. The fourth-order valence-electron chi connectivity index (χ4n) is 2.60. The van der Waals surface area contributed by atoms with Gasteiger partial charge in [0, 0.05) is 33.0 Å². The molecule has 1 aromatic heterocycles. The predicted molar refractivity (Wildman–Crippen MR) is 98.5 cm³/mol. The third-order valence-corrected chi connectivity index (χ3v) is 4.16. The molecule has 1 aromatic carbocycles. The van der Waals surface area contributed by atoms with E-state index < -0.39 is 0 Å². The molecular formula is C19H27FN4O2.